The van der Waals surface area contributed by atoms with Gasteiger partial charge in [-0.2, -0.15) is 14.9 Å². The first-order chi connectivity index (χ1) is 10.6. The summed E-state index contributed by atoms with van der Waals surface area (Å²) in [5.74, 6) is 0.607. The quantitative estimate of drug-likeness (QED) is 0.508. The van der Waals surface area contributed by atoms with Crippen LogP contribution in [0.2, 0.25) is 5.02 Å². The first kappa shape index (κ1) is 15.1. The van der Waals surface area contributed by atoms with E-state index < -0.39 is 0 Å². The van der Waals surface area contributed by atoms with Crippen LogP contribution in [-0.2, 0) is 0 Å². The predicted octanol–water partition coefficient (Wildman–Crippen LogP) is 4.91. The number of nitrogens with zero attached hydrogens (tertiary/aromatic N) is 3. The molecule has 0 fully saturated rings. The minimum absolute atomic E-state index is 0.415. The predicted molar refractivity (Wildman–Crippen MR) is 95.0 cm³/mol. The summed E-state index contributed by atoms with van der Waals surface area (Å²) >= 11 is 14.8. The highest BCUT2D eigenvalue weighted by molar-refractivity contribution is 9.10. The van der Waals surface area contributed by atoms with Crippen LogP contribution in [0.25, 0.3) is 11.4 Å². The van der Waals surface area contributed by atoms with Crippen LogP contribution in [0.1, 0.15) is 5.56 Å². The molecule has 1 heterocycles. The van der Waals surface area contributed by atoms with Crippen molar-refractivity contribution < 1.29 is 0 Å². The molecular weight excluding hydrogens is 384 g/mol. The lowest BCUT2D eigenvalue weighted by molar-refractivity contribution is 0.871. The Morgan fingerprint density at radius 1 is 1.23 bits per heavy atom. The first-order valence-electron chi connectivity index (χ1n) is 6.37. The van der Waals surface area contributed by atoms with E-state index in [1.807, 2.05) is 42.5 Å². The van der Waals surface area contributed by atoms with E-state index in [0.717, 1.165) is 15.6 Å². The third-order valence-corrected chi connectivity index (χ3v) is 4.17. The van der Waals surface area contributed by atoms with E-state index in [4.69, 9.17) is 23.8 Å². The summed E-state index contributed by atoms with van der Waals surface area (Å²) in [5.41, 5.74) is 1.78. The Balaban J connectivity index is 2.04. The van der Waals surface area contributed by atoms with Gasteiger partial charge in [-0.1, -0.05) is 57.9 Å². The molecule has 2 aromatic carbocycles. The highest BCUT2D eigenvalue weighted by Gasteiger charge is 2.08. The lowest BCUT2D eigenvalue weighted by Gasteiger charge is -2.02. The van der Waals surface area contributed by atoms with Crippen molar-refractivity contribution in [1.29, 1.82) is 0 Å². The highest BCUT2D eigenvalue weighted by atomic mass is 79.9. The highest BCUT2D eigenvalue weighted by Crippen LogP contribution is 2.21. The second-order valence-electron chi connectivity index (χ2n) is 4.44. The Bertz CT molecular complexity index is 900. The standard InChI is InChI=1S/C15H10BrClN4S/c16-13-7-2-1-4-11(13)9-18-21-14(19-20-15(21)22)10-5-3-6-12(17)8-10/h1-9H,(H,20,22)/b18-9-. The van der Waals surface area contributed by atoms with Gasteiger partial charge in [-0.05, 0) is 30.4 Å². The average Bonchev–Trinajstić information content (AvgIpc) is 2.87. The van der Waals surface area contributed by atoms with Crippen LogP contribution in [0.15, 0.2) is 58.1 Å². The van der Waals surface area contributed by atoms with Gasteiger partial charge in [0, 0.05) is 20.6 Å². The summed E-state index contributed by atoms with van der Waals surface area (Å²) in [6.07, 6.45) is 1.73. The van der Waals surface area contributed by atoms with Crippen LogP contribution < -0.4 is 0 Å². The number of rotatable bonds is 3. The van der Waals surface area contributed by atoms with Crippen molar-refractivity contribution in [3.8, 4) is 11.4 Å². The summed E-state index contributed by atoms with van der Waals surface area (Å²) in [4.78, 5) is 0. The van der Waals surface area contributed by atoms with E-state index in [-0.39, 0.29) is 0 Å². The Morgan fingerprint density at radius 3 is 2.82 bits per heavy atom. The molecule has 1 aromatic heterocycles. The minimum atomic E-state index is 0.415. The van der Waals surface area contributed by atoms with Crippen molar-refractivity contribution in [2.75, 3.05) is 0 Å². The molecule has 3 rings (SSSR count). The van der Waals surface area contributed by atoms with Gasteiger partial charge in [-0.25, -0.2) is 5.10 Å². The second kappa shape index (κ2) is 6.56. The third-order valence-electron chi connectivity index (χ3n) is 2.95. The number of halogens is 2. The van der Waals surface area contributed by atoms with Gasteiger partial charge in [-0.15, -0.1) is 0 Å². The zero-order chi connectivity index (χ0) is 15.5. The Morgan fingerprint density at radius 2 is 2.05 bits per heavy atom. The molecule has 22 heavy (non-hydrogen) atoms. The Labute approximate surface area is 145 Å². The van der Waals surface area contributed by atoms with E-state index in [1.54, 1.807) is 17.0 Å². The number of benzene rings is 2. The van der Waals surface area contributed by atoms with Gasteiger partial charge in [0.25, 0.3) is 0 Å². The van der Waals surface area contributed by atoms with E-state index in [1.165, 1.54) is 0 Å². The third kappa shape index (κ3) is 3.19. The largest absolute Gasteiger partial charge is 0.250 e. The number of aromatic amines is 1. The number of hydrogen-bond acceptors (Lipinski definition) is 3. The van der Waals surface area contributed by atoms with Gasteiger partial charge in [-0.3, -0.25) is 0 Å². The topological polar surface area (TPSA) is 46.0 Å². The van der Waals surface area contributed by atoms with Crippen molar-refractivity contribution in [3.63, 3.8) is 0 Å². The number of aromatic nitrogens is 3. The van der Waals surface area contributed by atoms with Crippen molar-refractivity contribution in [3.05, 3.63) is 68.4 Å². The molecule has 110 valence electrons. The molecule has 0 unspecified atom stereocenters. The van der Waals surface area contributed by atoms with Gasteiger partial charge in [0.05, 0.1) is 6.21 Å². The summed E-state index contributed by atoms with van der Waals surface area (Å²) in [5, 5.41) is 12.0. The van der Waals surface area contributed by atoms with E-state index >= 15 is 0 Å². The molecule has 4 nitrogen and oxygen atoms in total. The van der Waals surface area contributed by atoms with Gasteiger partial charge in [0.15, 0.2) is 5.82 Å². The van der Waals surface area contributed by atoms with Crippen molar-refractivity contribution in [1.82, 2.24) is 14.9 Å². The number of H-pyrrole nitrogens is 1. The van der Waals surface area contributed by atoms with E-state index in [2.05, 4.69) is 31.2 Å². The fourth-order valence-electron chi connectivity index (χ4n) is 1.91. The van der Waals surface area contributed by atoms with Crippen molar-refractivity contribution in [2.45, 2.75) is 0 Å². The van der Waals surface area contributed by atoms with Crippen LogP contribution in [0.3, 0.4) is 0 Å². The molecular formula is C15H10BrClN4S. The molecule has 0 saturated heterocycles. The molecule has 0 amide bonds. The lowest BCUT2D eigenvalue weighted by atomic mass is 10.2. The van der Waals surface area contributed by atoms with E-state index in [0.29, 0.717) is 15.6 Å². The summed E-state index contributed by atoms with van der Waals surface area (Å²) in [6, 6.07) is 15.2. The molecule has 3 aromatic rings. The van der Waals surface area contributed by atoms with Gasteiger partial charge < -0.3 is 0 Å². The molecule has 0 bridgehead atoms. The summed E-state index contributed by atoms with van der Waals surface area (Å²) in [6.45, 7) is 0. The van der Waals surface area contributed by atoms with Crippen LogP contribution in [0.5, 0.6) is 0 Å². The van der Waals surface area contributed by atoms with E-state index in [9.17, 15) is 0 Å². The van der Waals surface area contributed by atoms with Crippen LogP contribution in [0.4, 0.5) is 0 Å². The van der Waals surface area contributed by atoms with Gasteiger partial charge in [0.2, 0.25) is 4.77 Å². The number of nitrogens with one attached hydrogen (secondary N) is 1. The van der Waals surface area contributed by atoms with Crippen LogP contribution in [0, 0.1) is 4.77 Å². The fraction of sp³-hybridized carbons (Fsp3) is 0. The summed E-state index contributed by atoms with van der Waals surface area (Å²) < 4.78 is 2.94. The molecule has 0 spiro atoms. The monoisotopic (exact) mass is 392 g/mol. The van der Waals surface area contributed by atoms with Crippen LogP contribution >= 0.6 is 39.7 Å². The fourth-order valence-corrected chi connectivity index (χ4v) is 2.67. The molecule has 0 radical (unpaired) electrons. The molecule has 7 heteroatoms. The minimum Gasteiger partial charge on any atom is -0.250 e. The molecule has 0 aliphatic carbocycles. The van der Waals surface area contributed by atoms with Gasteiger partial charge in [0.1, 0.15) is 0 Å². The first-order valence-corrected chi connectivity index (χ1v) is 7.95. The summed E-state index contributed by atoms with van der Waals surface area (Å²) in [7, 11) is 0. The zero-order valence-corrected chi connectivity index (χ0v) is 14.4. The normalized spacial score (nSPS) is 11.2. The zero-order valence-electron chi connectivity index (χ0n) is 11.2. The van der Waals surface area contributed by atoms with Gasteiger partial charge >= 0.3 is 0 Å². The average molecular weight is 394 g/mol. The lowest BCUT2D eigenvalue weighted by Crippen LogP contribution is -1.95. The Kier molecular flexibility index (Phi) is 4.52. The van der Waals surface area contributed by atoms with Crippen molar-refractivity contribution in [2.24, 2.45) is 5.10 Å². The maximum Gasteiger partial charge on any atom is 0.216 e. The SMILES string of the molecule is S=c1[nH]nc(-c2cccc(Cl)c2)n1/N=C\c1ccccc1Br. The number of hydrogen-bond donors (Lipinski definition) is 1. The molecule has 0 aliphatic rings. The Hall–Kier alpha value is -1.76. The smallest absolute Gasteiger partial charge is 0.216 e. The molecule has 1 N–H and O–H groups in total. The molecule has 0 atom stereocenters. The van der Waals surface area contributed by atoms with Crippen molar-refractivity contribution >= 4 is 46.0 Å². The molecule has 0 aliphatic heterocycles. The maximum absolute atomic E-state index is 6.03. The maximum atomic E-state index is 6.03. The molecule has 0 saturated carbocycles. The van der Waals surface area contributed by atoms with Crippen LogP contribution in [-0.4, -0.2) is 21.1 Å². The second-order valence-corrected chi connectivity index (χ2v) is 6.12.